The molecule has 17 heavy (non-hydrogen) atoms. The van der Waals surface area contributed by atoms with Gasteiger partial charge in [-0.25, -0.2) is 0 Å². The zero-order valence-corrected chi connectivity index (χ0v) is 11.8. The summed E-state index contributed by atoms with van der Waals surface area (Å²) in [5.74, 6) is 1.05. The first-order valence-electron chi connectivity index (χ1n) is 5.99. The Bertz CT molecular complexity index is 480. The van der Waals surface area contributed by atoms with Crippen LogP contribution in [-0.2, 0) is 0 Å². The summed E-state index contributed by atoms with van der Waals surface area (Å²) >= 11 is 5.00. The fourth-order valence-corrected chi connectivity index (χ4v) is 5.31. The van der Waals surface area contributed by atoms with Gasteiger partial charge in [0.05, 0.1) is 11.5 Å². The molecule has 2 saturated carbocycles. The van der Waals surface area contributed by atoms with Gasteiger partial charge in [0.2, 0.25) is 0 Å². The van der Waals surface area contributed by atoms with E-state index in [1.807, 2.05) is 11.4 Å². The highest BCUT2D eigenvalue weighted by Crippen LogP contribution is 2.61. The van der Waals surface area contributed by atoms with Crippen LogP contribution in [0, 0.1) is 28.6 Å². The van der Waals surface area contributed by atoms with Crippen LogP contribution >= 0.6 is 27.3 Å². The Morgan fingerprint density at radius 1 is 1.59 bits per heavy atom. The van der Waals surface area contributed by atoms with E-state index in [0.717, 1.165) is 28.6 Å². The molecule has 2 aliphatic rings. The first kappa shape index (κ1) is 11.7. The molecule has 0 saturated heterocycles. The maximum atomic E-state index is 10.6. The predicted molar refractivity (Wildman–Crippen MR) is 70.5 cm³/mol. The Balaban J connectivity index is 1.97. The summed E-state index contributed by atoms with van der Waals surface area (Å²) in [6.07, 6.45) is 3.73. The summed E-state index contributed by atoms with van der Waals surface area (Å²) in [6.45, 7) is 0. The van der Waals surface area contributed by atoms with Crippen molar-refractivity contribution in [3.63, 3.8) is 0 Å². The average Bonchev–Trinajstić information content (AvgIpc) is 3.02. The second-order valence-corrected chi connectivity index (χ2v) is 7.07. The maximum Gasteiger partial charge on any atom is 0.108 e. The van der Waals surface area contributed by atoms with Crippen molar-refractivity contribution < 1.29 is 5.11 Å². The van der Waals surface area contributed by atoms with E-state index in [-0.39, 0.29) is 0 Å². The number of nitriles is 1. The predicted octanol–water partition coefficient (Wildman–Crippen LogP) is 3.87. The third kappa shape index (κ3) is 1.60. The van der Waals surface area contributed by atoms with Gasteiger partial charge in [-0.05, 0) is 58.5 Å². The molecular formula is C13H14BrNOS. The van der Waals surface area contributed by atoms with E-state index in [0.29, 0.717) is 11.8 Å². The van der Waals surface area contributed by atoms with Gasteiger partial charge in [0, 0.05) is 9.35 Å². The van der Waals surface area contributed by atoms with Crippen LogP contribution < -0.4 is 0 Å². The molecule has 0 aliphatic heterocycles. The molecule has 2 aliphatic carbocycles. The van der Waals surface area contributed by atoms with Crippen LogP contribution in [0.1, 0.15) is 36.7 Å². The van der Waals surface area contributed by atoms with E-state index < -0.39 is 11.5 Å². The van der Waals surface area contributed by atoms with Gasteiger partial charge < -0.3 is 5.11 Å². The van der Waals surface area contributed by atoms with Crippen molar-refractivity contribution >= 4 is 27.3 Å². The van der Waals surface area contributed by atoms with Crippen LogP contribution in [0.3, 0.4) is 0 Å². The molecule has 1 aromatic heterocycles. The van der Waals surface area contributed by atoms with Crippen molar-refractivity contribution in [2.24, 2.45) is 17.3 Å². The summed E-state index contributed by atoms with van der Waals surface area (Å²) < 4.78 is 0.937. The number of hydrogen-bond donors (Lipinski definition) is 1. The van der Waals surface area contributed by atoms with Crippen LogP contribution in [0.4, 0.5) is 0 Å². The number of aliphatic hydroxyl groups is 1. The van der Waals surface area contributed by atoms with Crippen molar-refractivity contribution in [2.75, 3.05) is 0 Å². The van der Waals surface area contributed by atoms with Crippen molar-refractivity contribution in [1.29, 1.82) is 5.26 Å². The summed E-state index contributed by atoms with van der Waals surface area (Å²) in [5.41, 5.74) is -0.531. The fourth-order valence-electron chi connectivity index (χ4n) is 3.64. The van der Waals surface area contributed by atoms with Crippen LogP contribution in [0.2, 0.25) is 0 Å². The highest BCUT2D eigenvalue weighted by Gasteiger charge is 2.56. The van der Waals surface area contributed by atoms with E-state index in [2.05, 4.69) is 22.0 Å². The molecule has 2 bridgehead atoms. The molecule has 0 aromatic carbocycles. The number of nitrogens with zero attached hydrogens (tertiary/aromatic N) is 1. The molecule has 2 fully saturated rings. The van der Waals surface area contributed by atoms with E-state index >= 15 is 0 Å². The third-order valence-electron chi connectivity index (χ3n) is 4.49. The number of aliphatic hydroxyl groups excluding tert-OH is 1. The van der Waals surface area contributed by atoms with E-state index in [1.54, 1.807) is 0 Å². The largest absolute Gasteiger partial charge is 0.386 e. The molecule has 1 aromatic rings. The first-order valence-corrected chi connectivity index (χ1v) is 7.67. The molecule has 4 atom stereocenters. The molecule has 1 N–H and O–H groups in total. The van der Waals surface area contributed by atoms with Crippen LogP contribution in [-0.4, -0.2) is 5.11 Å². The summed E-state index contributed by atoms with van der Waals surface area (Å²) in [5, 5.41) is 22.2. The highest BCUT2D eigenvalue weighted by atomic mass is 79.9. The highest BCUT2D eigenvalue weighted by molar-refractivity contribution is 9.10. The van der Waals surface area contributed by atoms with Gasteiger partial charge >= 0.3 is 0 Å². The summed E-state index contributed by atoms with van der Waals surface area (Å²) in [6, 6.07) is 4.41. The van der Waals surface area contributed by atoms with Crippen molar-refractivity contribution in [3.05, 3.63) is 20.8 Å². The molecule has 0 spiro atoms. The summed E-state index contributed by atoms with van der Waals surface area (Å²) in [4.78, 5) is 0.916. The normalized spacial score (nSPS) is 37.0. The molecule has 0 radical (unpaired) electrons. The first-order chi connectivity index (χ1) is 8.17. The average molecular weight is 312 g/mol. The Hall–Kier alpha value is -0.370. The van der Waals surface area contributed by atoms with Gasteiger partial charge in [-0.3, -0.25) is 0 Å². The zero-order chi connectivity index (χ0) is 12.0. The van der Waals surface area contributed by atoms with E-state index in [4.69, 9.17) is 0 Å². The Morgan fingerprint density at radius 2 is 2.41 bits per heavy atom. The molecule has 1 heterocycles. The van der Waals surface area contributed by atoms with Crippen LogP contribution in [0.15, 0.2) is 15.9 Å². The van der Waals surface area contributed by atoms with Crippen LogP contribution in [0.5, 0.6) is 0 Å². The minimum absolute atomic E-state index is 0.390. The number of fused-ring (bicyclic) bond motifs is 2. The molecule has 4 heteroatoms. The topological polar surface area (TPSA) is 44.0 Å². The van der Waals surface area contributed by atoms with Gasteiger partial charge in [0.25, 0.3) is 0 Å². The quantitative estimate of drug-likeness (QED) is 0.901. The molecule has 4 unspecified atom stereocenters. The fraction of sp³-hybridized carbons (Fsp3) is 0.615. The van der Waals surface area contributed by atoms with Gasteiger partial charge in [-0.1, -0.05) is 6.42 Å². The molecule has 2 nitrogen and oxygen atoms in total. The minimum Gasteiger partial charge on any atom is -0.386 e. The molecule has 90 valence electrons. The smallest absolute Gasteiger partial charge is 0.108 e. The molecular weight excluding hydrogens is 298 g/mol. The Kier molecular flexibility index (Phi) is 2.81. The van der Waals surface area contributed by atoms with Gasteiger partial charge in [-0.15, -0.1) is 11.3 Å². The number of rotatable bonds is 2. The summed E-state index contributed by atoms with van der Waals surface area (Å²) in [7, 11) is 0. The van der Waals surface area contributed by atoms with Gasteiger partial charge in [0.1, 0.15) is 6.10 Å². The number of halogens is 1. The Morgan fingerprint density at radius 3 is 2.88 bits per heavy atom. The Labute approximate surface area is 113 Å². The lowest BCUT2D eigenvalue weighted by Crippen LogP contribution is -2.33. The second kappa shape index (κ2) is 4.08. The zero-order valence-electron chi connectivity index (χ0n) is 9.40. The number of hydrogen-bond acceptors (Lipinski definition) is 3. The van der Waals surface area contributed by atoms with Gasteiger partial charge in [0.15, 0.2) is 0 Å². The standard InChI is InChI=1S/C13H14BrNOS/c14-10-3-4-17-11(10)12(16)13(7-15)6-8-1-2-9(13)5-8/h3-4,8-9,12,16H,1-2,5-6H2. The third-order valence-corrected chi connectivity index (χ3v) is 6.41. The van der Waals surface area contributed by atoms with Crippen molar-refractivity contribution in [1.82, 2.24) is 0 Å². The SMILES string of the molecule is N#CC1(C(O)c2sccc2Br)CC2CCC1C2. The lowest BCUT2D eigenvalue weighted by molar-refractivity contribution is 0.0255. The lowest BCUT2D eigenvalue weighted by Gasteiger charge is -2.35. The second-order valence-electron chi connectivity index (χ2n) is 5.27. The molecule has 3 rings (SSSR count). The monoisotopic (exact) mass is 311 g/mol. The van der Waals surface area contributed by atoms with E-state index in [1.165, 1.54) is 17.8 Å². The maximum absolute atomic E-state index is 10.6. The minimum atomic E-state index is -0.628. The number of thiophene rings is 1. The van der Waals surface area contributed by atoms with Crippen molar-refractivity contribution in [2.45, 2.75) is 31.8 Å². The van der Waals surface area contributed by atoms with E-state index in [9.17, 15) is 10.4 Å². The lowest BCUT2D eigenvalue weighted by atomic mass is 9.70. The van der Waals surface area contributed by atoms with Crippen molar-refractivity contribution in [3.8, 4) is 6.07 Å². The molecule has 0 amide bonds. The van der Waals surface area contributed by atoms with Gasteiger partial charge in [-0.2, -0.15) is 5.26 Å². The van der Waals surface area contributed by atoms with Crippen LogP contribution in [0.25, 0.3) is 0 Å².